The summed E-state index contributed by atoms with van der Waals surface area (Å²) >= 11 is 0. The summed E-state index contributed by atoms with van der Waals surface area (Å²) in [4.78, 5) is 0. The number of anilines is 1. The molecule has 0 aliphatic carbocycles. The quantitative estimate of drug-likeness (QED) is 0.652. The molecule has 0 aliphatic rings. The zero-order valence-corrected chi connectivity index (χ0v) is 8.22. The molecule has 12 heavy (non-hydrogen) atoms. The van der Waals surface area contributed by atoms with Crippen LogP contribution in [0.3, 0.4) is 0 Å². The minimum absolute atomic E-state index is 0.777. The first kappa shape index (κ1) is 10.8. The number of rotatable bonds is 1. The third kappa shape index (κ3) is 2.82. The molecule has 1 aromatic rings. The lowest BCUT2D eigenvalue weighted by Gasteiger charge is -2.02. The highest BCUT2D eigenvalue weighted by atomic mass is 16.5. The van der Waals surface area contributed by atoms with Crippen LogP contribution in [-0.4, -0.2) is 7.11 Å². The maximum absolute atomic E-state index is 5.62. The van der Waals surface area contributed by atoms with Crippen molar-refractivity contribution in [2.24, 2.45) is 0 Å². The van der Waals surface area contributed by atoms with E-state index in [1.54, 1.807) is 7.11 Å². The standard InChI is InChI=1S/C8H11NO.C2H6/c1-6-3-4-7(10-2)5-8(6)9;1-2/h3-5H,9H2,1-2H3;1-2H3. The average Bonchev–Trinajstić information content (AvgIpc) is 2.13. The second-order valence-electron chi connectivity index (χ2n) is 2.22. The number of nitrogens with two attached hydrogens (primary N) is 1. The molecule has 0 amide bonds. The van der Waals surface area contributed by atoms with E-state index >= 15 is 0 Å². The van der Waals surface area contributed by atoms with Gasteiger partial charge >= 0.3 is 0 Å². The predicted molar refractivity (Wildman–Crippen MR) is 53.5 cm³/mol. The summed E-state index contributed by atoms with van der Waals surface area (Å²) in [5.41, 5.74) is 7.48. The lowest BCUT2D eigenvalue weighted by molar-refractivity contribution is 0.415. The molecule has 2 N–H and O–H groups in total. The fourth-order valence-electron chi connectivity index (χ4n) is 0.746. The lowest BCUT2D eigenvalue weighted by atomic mass is 10.2. The molecule has 0 saturated carbocycles. The Bertz CT molecular complexity index is 233. The van der Waals surface area contributed by atoms with Crippen molar-refractivity contribution in [3.05, 3.63) is 23.8 Å². The van der Waals surface area contributed by atoms with Crippen LogP contribution in [0.1, 0.15) is 19.4 Å². The molecule has 68 valence electrons. The second-order valence-corrected chi connectivity index (χ2v) is 2.22. The Morgan fingerprint density at radius 3 is 2.25 bits per heavy atom. The minimum atomic E-state index is 0.777. The van der Waals surface area contributed by atoms with E-state index in [1.807, 2.05) is 39.0 Å². The molecule has 1 aromatic carbocycles. The largest absolute Gasteiger partial charge is 0.497 e. The van der Waals surface area contributed by atoms with E-state index in [0.29, 0.717) is 0 Å². The molecule has 0 atom stereocenters. The number of aryl methyl sites for hydroxylation is 1. The van der Waals surface area contributed by atoms with Gasteiger partial charge in [-0.25, -0.2) is 0 Å². The highest BCUT2D eigenvalue weighted by Crippen LogP contribution is 2.17. The van der Waals surface area contributed by atoms with Crippen LogP contribution in [-0.2, 0) is 0 Å². The Morgan fingerprint density at radius 2 is 1.83 bits per heavy atom. The van der Waals surface area contributed by atoms with Gasteiger partial charge in [0.25, 0.3) is 0 Å². The molecular weight excluding hydrogens is 150 g/mol. The van der Waals surface area contributed by atoms with Crippen LogP contribution < -0.4 is 10.5 Å². The number of ether oxygens (including phenoxy) is 1. The Morgan fingerprint density at radius 1 is 1.25 bits per heavy atom. The Hall–Kier alpha value is -1.18. The molecule has 0 bridgehead atoms. The van der Waals surface area contributed by atoms with Crippen molar-refractivity contribution < 1.29 is 4.74 Å². The average molecular weight is 167 g/mol. The molecule has 2 heteroatoms. The highest BCUT2D eigenvalue weighted by molar-refractivity contribution is 5.50. The van der Waals surface area contributed by atoms with Crippen LogP contribution in [0.15, 0.2) is 18.2 Å². The molecule has 0 saturated heterocycles. The minimum Gasteiger partial charge on any atom is -0.497 e. The normalized spacial score (nSPS) is 8.33. The Labute approximate surface area is 74.4 Å². The van der Waals surface area contributed by atoms with Crippen LogP contribution in [0.4, 0.5) is 5.69 Å². The summed E-state index contributed by atoms with van der Waals surface area (Å²) in [6, 6.07) is 5.65. The van der Waals surface area contributed by atoms with Crippen LogP contribution in [0.25, 0.3) is 0 Å². The SMILES string of the molecule is CC.COc1ccc(C)c(N)c1. The fourth-order valence-corrected chi connectivity index (χ4v) is 0.746. The van der Waals surface area contributed by atoms with Crippen LogP contribution in [0, 0.1) is 6.92 Å². The molecule has 1 rings (SSSR count). The summed E-state index contributed by atoms with van der Waals surface area (Å²) in [6.45, 7) is 5.97. The van der Waals surface area contributed by atoms with Gasteiger partial charge in [0.2, 0.25) is 0 Å². The topological polar surface area (TPSA) is 35.2 Å². The fraction of sp³-hybridized carbons (Fsp3) is 0.400. The molecule has 0 radical (unpaired) electrons. The van der Waals surface area contributed by atoms with Gasteiger partial charge in [-0.3, -0.25) is 0 Å². The van der Waals surface area contributed by atoms with Crippen molar-refractivity contribution >= 4 is 5.69 Å². The van der Waals surface area contributed by atoms with Crippen molar-refractivity contribution in [1.29, 1.82) is 0 Å². The lowest BCUT2D eigenvalue weighted by Crippen LogP contribution is -1.90. The highest BCUT2D eigenvalue weighted by Gasteiger charge is 1.93. The third-order valence-corrected chi connectivity index (χ3v) is 1.49. The van der Waals surface area contributed by atoms with E-state index < -0.39 is 0 Å². The van der Waals surface area contributed by atoms with E-state index in [-0.39, 0.29) is 0 Å². The van der Waals surface area contributed by atoms with Crippen molar-refractivity contribution in [2.75, 3.05) is 12.8 Å². The number of nitrogen functional groups attached to an aromatic ring is 1. The number of benzene rings is 1. The Kier molecular flexibility index (Phi) is 4.93. The molecule has 2 nitrogen and oxygen atoms in total. The van der Waals surface area contributed by atoms with Gasteiger partial charge in [0.1, 0.15) is 5.75 Å². The smallest absolute Gasteiger partial charge is 0.120 e. The van der Waals surface area contributed by atoms with E-state index in [2.05, 4.69) is 0 Å². The Balaban J connectivity index is 0.000000561. The molecule has 0 heterocycles. The number of hydrogen-bond acceptors (Lipinski definition) is 2. The first-order chi connectivity index (χ1) is 5.74. The first-order valence-corrected chi connectivity index (χ1v) is 4.14. The van der Waals surface area contributed by atoms with Gasteiger partial charge in [-0.1, -0.05) is 19.9 Å². The van der Waals surface area contributed by atoms with Gasteiger partial charge in [0.05, 0.1) is 7.11 Å². The van der Waals surface area contributed by atoms with E-state index in [9.17, 15) is 0 Å². The van der Waals surface area contributed by atoms with Gasteiger partial charge in [-0.15, -0.1) is 0 Å². The van der Waals surface area contributed by atoms with Crippen LogP contribution >= 0.6 is 0 Å². The van der Waals surface area contributed by atoms with Gasteiger partial charge in [0, 0.05) is 11.8 Å². The molecule has 0 aliphatic heterocycles. The van der Waals surface area contributed by atoms with Crippen LogP contribution in [0.5, 0.6) is 5.75 Å². The number of methoxy groups -OCH3 is 1. The second kappa shape index (κ2) is 5.47. The van der Waals surface area contributed by atoms with E-state index in [1.165, 1.54) is 0 Å². The van der Waals surface area contributed by atoms with E-state index in [4.69, 9.17) is 10.5 Å². The zero-order valence-electron chi connectivity index (χ0n) is 8.22. The van der Waals surface area contributed by atoms with Gasteiger partial charge in [0.15, 0.2) is 0 Å². The summed E-state index contributed by atoms with van der Waals surface area (Å²) in [7, 11) is 1.63. The monoisotopic (exact) mass is 167 g/mol. The predicted octanol–water partition coefficient (Wildman–Crippen LogP) is 2.61. The molecule has 0 fully saturated rings. The molecule has 0 aromatic heterocycles. The van der Waals surface area contributed by atoms with Crippen molar-refractivity contribution in [3.63, 3.8) is 0 Å². The van der Waals surface area contributed by atoms with Gasteiger partial charge in [-0.05, 0) is 18.6 Å². The first-order valence-electron chi connectivity index (χ1n) is 4.14. The summed E-state index contributed by atoms with van der Waals surface area (Å²) < 4.78 is 4.97. The van der Waals surface area contributed by atoms with Crippen LogP contribution in [0.2, 0.25) is 0 Å². The summed E-state index contributed by atoms with van der Waals surface area (Å²) in [5, 5.41) is 0. The summed E-state index contributed by atoms with van der Waals surface area (Å²) in [5.74, 6) is 0.808. The molecule has 0 unspecified atom stereocenters. The number of hydrogen-bond donors (Lipinski definition) is 1. The summed E-state index contributed by atoms with van der Waals surface area (Å²) in [6.07, 6.45) is 0. The third-order valence-electron chi connectivity index (χ3n) is 1.49. The molecule has 0 spiro atoms. The maximum atomic E-state index is 5.62. The van der Waals surface area contributed by atoms with Gasteiger partial charge in [-0.2, -0.15) is 0 Å². The van der Waals surface area contributed by atoms with Gasteiger partial charge < -0.3 is 10.5 Å². The maximum Gasteiger partial charge on any atom is 0.120 e. The van der Waals surface area contributed by atoms with Crippen molar-refractivity contribution in [3.8, 4) is 5.75 Å². The molecular formula is C10H17NO. The van der Waals surface area contributed by atoms with Crippen molar-refractivity contribution in [1.82, 2.24) is 0 Å². The van der Waals surface area contributed by atoms with E-state index in [0.717, 1.165) is 17.0 Å². The van der Waals surface area contributed by atoms with Crippen molar-refractivity contribution in [2.45, 2.75) is 20.8 Å². The zero-order chi connectivity index (χ0) is 9.56.